The molecule has 1 fully saturated rings. The Morgan fingerprint density at radius 2 is 1.68 bits per heavy atom. The summed E-state index contributed by atoms with van der Waals surface area (Å²) in [5.41, 5.74) is -0.395. The van der Waals surface area contributed by atoms with Gasteiger partial charge >= 0.3 is 12.2 Å². The lowest BCUT2D eigenvalue weighted by Crippen LogP contribution is -2.45. The number of piperidine rings is 1. The molecule has 2 amide bonds. The van der Waals surface area contributed by atoms with Crippen LogP contribution in [-0.4, -0.2) is 34.2 Å². The molecule has 1 aromatic carbocycles. The van der Waals surface area contributed by atoms with Crippen molar-refractivity contribution in [2.45, 2.75) is 50.6 Å². The number of nitrogens with zero attached hydrogens (tertiary/aromatic N) is 1. The molecule has 0 saturated carbocycles. The third-order valence-electron chi connectivity index (χ3n) is 3.66. The maximum atomic E-state index is 12.5. The van der Waals surface area contributed by atoms with E-state index in [0.29, 0.717) is 5.69 Å². The van der Waals surface area contributed by atoms with Crippen molar-refractivity contribution in [2.24, 2.45) is 0 Å². The Morgan fingerprint density at radius 1 is 1.12 bits per heavy atom. The summed E-state index contributed by atoms with van der Waals surface area (Å²) in [5.74, 6) is 0. The zero-order valence-electron chi connectivity index (χ0n) is 14.6. The lowest BCUT2D eigenvalue weighted by atomic mass is 10.1. The van der Waals surface area contributed by atoms with Gasteiger partial charge in [0, 0.05) is 29.6 Å². The molecule has 8 heteroatoms. The molecular weight excluding hydrogens is 351 g/mol. The number of anilines is 1. The second kappa shape index (κ2) is 7.86. The molecule has 4 nitrogen and oxygen atoms in total. The minimum atomic E-state index is -4.38. The Morgan fingerprint density at radius 3 is 2.16 bits per heavy atom. The van der Waals surface area contributed by atoms with Crippen LogP contribution in [0.15, 0.2) is 24.3 Å². The van der Waals surface area contributed by atoms with Gasteiger partial charge in [-0.05, 0) is 57.9 Å². The molecule has 0 aromatic heterocycles. The van der Waals surface area contributed by atoms with Gasteiger partial charge in [-0.25, -0.2) is 4.79 Å². The van der Waals surface area contributed by atoms with Crippen molar-refractivity contribution in [1.29, 1.82) is 0 Å². The highest BCUT2D eigenvalue weighted by Crippen LogP contribution is 2.31. The summed E-state index contributed by atoms with van der Waals surface area (Å²) >= 11 is 1.82. The standard InChI is InChI=1S/C17H24F3N3OS/c1-16(2,3)25-23-10-8-14(9-11-23)22-15(24)21-13-6-4-12(5-7-13)17(18,19)20/h4-7,14H,8-11H2,1-3H3,(H2,21,22,24). The monoisotopic (exact) mass is 375 g/mol. The molecule has 0 radical (unpaired) electrons. The molecule has 2 rings (SSSR count). The van der Waals surface area contributed by atoms with Crippen LogP contribution in [0.1, 0.15) is 39.2 Å². The van der Waals surface area contributed by atoms with Gasteiger partial charge < -0.3 is 10.6 Å². The van der Waals surface area contributed by atoms with Crippen molar-refractivity contribution in [3.8, 4) is 0 Å². The summed E-state index contributed by atoms with van der Waals surface area (Å²) in [6.07, 6.45) is -2.67. The number of halogens is 3. The average molecular weight is 375 g/mol. The third-order valence-corrected chi connectivity index (χ3v) is 4.83. The number of rotatable bonds is 3. The Kier molecular flexibility index (Phi) is 6.26. The minimum absolute atomic E-state index is 0.0752. The summed E-state index contributed by atoms with van der Waals surface area (Å²) < 4.78 is 40.0. The molecule has 1 heterocycles. The van der Waals surface area contributed by atoms with Gasteiger partial charge in [-0.1, -0.05) is 11.9 Å². The number of hydrogen-bond donors (Lipinski definition) is 2. The van der Waals surface area contributed by atoms with E-state index in [0.717, 1.165) is 38.1 Å². The molecule has 140 valence electrons. The van der Waals surface area contributed by atoms with E-state index in [-0.39, 0.29) is 16.8 Å². The lowest BCUT2D eigenvalue weighted by Gasteiger charge is -2.35. The van der Waals surface area contributed by atoms with Crippen LogP contribution in [0.5, 0.6) is 0 Å². The molecule has 1 aliphatic rings. The molecule has 0 atom stereocenters. The van der Waals surface area contributed by atoms with Gasteiger partial charge in [0.05, 0.1) is 5.56 Å². The first-order valence-corrected chi connectivity index (χ1v) is 8.99. The molecular formula is C17H24F3N3OS. The minimum Gasteiger partial charge on any atom is -0.335 e. The second-order valence-corrected chi connectivity index (χ2v) is 9.00. The van der Waals surface area contributed by atoms with E-state index >= 15 is 0 Å². The number of urea groups is 1. The number of hydrogen-bond acceptors (Lipinski definition) is 3. The largest absolute Gasteiger partial charge is 0.416 e. The highest BCUT2D eigenvalue weighted by molar-refractivity contribution is 7.98. The van der Waals surface area contributed by atoms with E-state index in [1.54, 1.807) is 0 Å². The van der Waals surface area contributed by atoms with Crippen molar-refractivity contribution in [3.63, 3.8) is 0 Å². The fraction of sp³-hybridized carbons (Fsp3) is 0.588. The summed E-state index contributed by atoms with van der Waals surface area (Å²) in [7, 11) is 0. The number of benzene rings is 1. The molecule has 1 aliphatic heterocycles. The second-order valence-electron chi connectivity index (χ2n) is 7.08. The fourth-order valence-electron chi connectivity index (χ4n) is 2.57. The maximum absolute atomic E-state index is 12.5. The first kappa shape index (κ1) is 19.9. The molecule has 2 N–H and O–H groups in total. The molecule has 0 aliphatic carbocycles. The van der Waals surface area contributed by atoms with Crippen molar-refractivity contribution >= 4 is 23.7 Å². The lowest BCUT2D eigenvalue weighted by molar-refractivity contribution is -0.137. The van der Waals surface area contributed by atoms with E-state index < -0.39 is 11.7 Å². The van der Waals surface area contributed by atoms with Crippen molar-refractivity contribution in [1.82, 2.24) is 9.62 Å². The summed E-state index contributed by atoms with van der Waals surface area (Å²) in [6.45, 7) is 8.29. The smallest absolute Gasteiger partial charge is 0.335 e. The molecule has 1 saturated heterocycles. The van der Waals surface area contributed by atoms with Gasteiger partial charge in [-0.15, -0.1) is 0 Å². The predicted octanol–water partition coefficient (Wildman–Crippen LogP) is 4.74. The Labute approximate surface area is 150 Å². The van der Waals surface area contributed by atoms with Crippen LogP contribution in [0.3, 0.4) is 0 Å². The molecule has 0 spiro atoms. The Balaban J connectivity index is 1.78. The van der Waals surface area contributed by atoms with Crippen LogP contribution in [0.25, 0.3) is 0 Å². The number of alkyl halides is 3. The van der Waals surface area contributed by atoms with Gasteiger partial charge in [0.2, 0.25) is 0 Å². The Bertz CT molecular complexity index is 576. The van der Waals surface area contributed by atoms with E-state index in [2.05, 4.69) is 35.7 Å². The quantitative estimate of drug-likeness (QED) is 0.750. The highest BCUT2D eigenvalue weighted by Gasteiger charge is 2.30. The van der Waals surface area contributed by atoms with Gasteiger partial charge in [-0.2, -0.15) is 13.2 Å². The van der Waals surface area contributed by atoms with Crippen LogP contribution in [-0.2, 0) is 6.18 Å². The maximum Gasteiger partial charge on any atom is 0.416 e. The van der Waals surface area contributed by atoms with Gasteiger partial charge in [-0.3, -0.25) is 4.31 Å². The summed E-state index contributed by atoms with van der Waals surface area (Å²) in [4.78, 5) is 12.0. The van der Waals surface area contributed by atoms with Crippen LogP contribution < -0.4 is 10.6 Å². The van der Waals surface area contributed by atoms with E-state index in [4.69, 9.17) is 0 Å². The number of carbonyl (C=O) groups excluding carboxylic acids is 1. The first-order valence-electron chi connectivity index (χ1n) is 8.22. The molecule has 0 unspecified atom stereocenters. The van der Waals surface area contributed by atoms with Crippen LogP contribution in [0, 0.1) is 0 Å². The molecule has 1 aromatic rings. The van der Waals surface area contributed by atoms with Gasteiger partial charge in [0.15, 0.2) is 0 Å². The van der Waals surface area contributed by atoms with Crippen molar-refractivity contribution < 1.29 is 18.0 Å². The van der Waals surface area contributed by atoms with Crippen molar-refractivity contribution in [3.05, 3.63) is 29.8 Å². The number of nitrogens with one attached hydrogen (secondary N) is 2. The first-order chi connectivity index (χ1) is 11.5. The number of amides is 2. The predicted molar refractivity (Wildman–Crippen MR) is 95.5 cm³/mol. The van der Waals surface area contributed by atoms with Gasteiger partial charge in [0.1, 0.15) is 0 Å². The molecule has 25 heavy (non-hydrogen) atoms. The SMILES string of the molecule is CC(C)(C)SN1CCC(NC(=O)Nc2ccc(C(F)(F)F)cc2)CC1. The van der Waals surface area contributed by atoms with Crippen LogP contribution >= 0.6 is 11.9 Å². The summed E-state index contributed by atoms with van der Waals surface area (Å²) in [5, 5.41) is 5.47. The summed E-state index contributed by atoms with van der Waals surface area (Å²) in [6, 6.07) is 4.11. The van der Waals surface area contributed by atoms with Crippen LogP contribution in [0.2, 0.25) is 0 Å². The van der Waals surface area contributed by atoms with E-state index in [1.165, 1.54) is 12.1 Å². The molecule has 0 bridgehead atoms. The normalized spacial score (nSPS) is 17.4. The zero-order valence-corrected chi connectivity index (χ0v) is 15.4. The average Bonchev–Trinajstić information content (AvgIpc) is 2.47. The zero-order chi connectivity index (χ0) is 18.7. The van der Waals surface area contributed by atoms with E-state index in [1.807, 2.05) is 11.9 Å². The topological polar surface area (TPSA) is 44.4 Å². The third kappa shape index (κ3) is 6.78. The van der Waals surface area contributed by atoms with Crippen molar-refractivity contribution in [2.75, 3.05) is 18.4 Å². The van der Waals surface area contributed by atoms with E-state index in [9.17, 15) is 18.0 Å². The van der Waals surface area contributed by atoms with Crippen LogP contribution in [0.4, 0.5) is 23.7 Å². The number of carbonyl (C=O) groups is 1. The Hall–Kier alpha value is -1.41. The fourth-order valence-corrected chi connectivity index (χ4v) is 3.74. The van der Waals surface area contributed by atoms with Gasteiger partial charge in [0.25, 0.3) is 0 Å². The highest BCUT2D eigenvalue weighted by atomic mass is 32.2.